The quantitative estimate of drug-likeness (QED) is 0.455. The number of nitriles is 1. The Labute approximate surface area is 207 Å². The van der Waals surface area contributed by atoms with Crippen LogP contribution < -0.4 is 19.8 Å². The third kappa shape index (κ3) is 5.97. The van der Waals surface area contributed by atoms with Gasteiger partial charge in [-0.1, -0.05) is 25.3 Å². The largest absolute Gasteiger partial charge is 0.549 e. The highest BCUT2D eigenvalue weighted by atomic mass is 28.2. The van der Waals surface area contributed by atoms with Crippen molar-refractivity contribution in [3.05, 3.63) is 59.9 Å². The molecule has 1 heterocycles. The second-order valence-electron chi connectivity index (χ2n) is 8.40. The number of ether oxygens (including phenoxy) is 1. The van der Waals surface area contributed by atoms with E-state index in [2.05, 4.69) is 26.7 Å². The number of aromatic nitrogens is 2. The number of benzene rings is 2. The van der Waals surface area contributed by atoms with Crippen molar-refractivity contribution in [2.75, 3.05) is 12.4 Å². The molecule has 0 unspecified atom stereocenters. The Morgan fingerprint density at radius 2 is 1.83 bits per heavy atom. The molecule has 9 heteroatoms. The molecule has 1 aromatic heterocycles. The molecule has 8 nitrogen and oxygen atoms in total. The van der Waals surface area contributed by atoms with Gasteiger partial charge in [0.2, 0.25) is 15.7 Å². The lowest BCUT2D eigenvalue weighted by atomic mass is 9.95. The molecule has 1 aliphatic rings. The number of nitrogens with one attached hydrogen (secondary N) is 2. The van der Waals surface area contributed by atoms with Crippen LogP contribution in [0.4, 0.5) is 11.6 Å². The fourth-order valence-electron chi connectivity index (χ4n) is 4.18. The minimum absolute atomic E-state index is 0.0844. The number of methoxy groups -OCH3 is 1. The van der Waals surface area contributed by atoms with E-state index in [1.165, 1.54) is 6.42 Å². The predicted octanol–water partition coefficient (Wildman–Crippen LogP) is 4.34. The summed E-state index contributed by atoms with van der Waals surface area (Å²) < 4.78 is 11.2. The van der Waals surface area contributed by atoms with Crippen LogP contribution >= 0.6 is 0 Å². The lowest BCUT2D eigenvalue weighted by Crippen LogP contribution is -2.36. The molecule has 0 spiro atoms. The maximum atomic E-state index is 12.7. The molecule has 0 radical (unpaired) electrons. The SMILES string of the molecule is COc1cc(C(=O)NC2CCCCC2)ccc1Nc1ncc(-c2ccc(C#N)c(O[SiH2]C)c2)cn1. The Morgan fingerprint density at radius 1 is 1.06 bits per heavy atom. The maximum absolute atomic E-state index is 12.7. The van der Waals surface area contributed by atoms with Crippen LogP contribution in [0.3, 0.4) is 0 Å². The Balaban J connectivity index is 1.47. The zero-order valence-electron chi connectivity index (χ0n) is 20.0. The van der Waals surface area contributed by atoms with Crippen LogP contribution in [0.2, 0.25) is 6.55 Å². The molecule has 1 aliphatic carbocycles. The molecule has 0 atom stereocenters. The van der Waals surface area contributed by atoms with E-state index >= 15 is 0 Å². The number of hydrogen-bond acceptors (Lipinski definition) is 7. The number of amides is 1. The van der Waals surface area contributed by atoms with Crippen molar-refractivity contribution in [2.45, 2.75) is 44.7 Å². The fourth-order valence-corrected chi connectivity index (χ4v) is 4.73. The van der Waals surface area contributed by atoms with Crippen molar-refractivity contribution in [1.82, 2.24) is 15.3 Å². The molecule has 0 saturated heterocycles. The zero-order chi connectivity index (χ0) is 24.6. The molecule has 180 valence electrons. The minimum Gasteiger partial charge on any atom is -0.549 e. The average Bonchev–Trinajstić information content (AvgIpc) is 2.90. The maximum Gasteiger partial charge on any atom is 0.251 e. The highest BCUT2D eigenvalue weighted by molar-refractivity contribution is 6.26. The van der Waals surface area contributed by atoms with Gasteiger partial charge in [0.05, 0.1) is 18.4 Å². The summed E-state index contributed by atoms with van der Waals surface area (Å²) >= 11 is 0. The Bertz CT molecular complexity index is 1220. The number of anilines is 2. The Morgan fingerprint density at radius 3 is 2.51 bits per heavy atom. The van der Waals surface area contributed by atoms with Crippen molar-refractivity contribution in [3.8, 4) is 28.7 Å². The molecular formula is C26H29N5O3Si. The molecule has 1 saturated carbocycles. The van der Waals surface area contributed by atoms with Gasteiger partial charge in [-0.05, 0) is 55.3 Å². The molecule has 2 aromatic carbocycles. The molecule has 0 aliphatic heterocycles. The second-order valence-corrected chi connectivity index (χ2v) is 9.27. The summed E-state index contributed by atoms with van der Waals surface area (Å²) in [5, 5.41) is 15.6. The van der Waals surface area contributed by atoms with E-state index in [4.69, 9.17) is 9.16 Å². The summed E-state index contributed by atoms with van der Waals surface area (Å²) in [5.74, 6) is 1.45. The van der Waals surface area contributed by atoms with Gasteiger partial charge in [-0.2, -0.15) is 5.26 Å². The van der Waals surface area contributed by atoms with E-state index in [-0.39, 0.29) is 11.9 Å². The smallest absolute Gasteiger partial charge is 0.251 e. The number of hydrogen-bond donors (Lipinski definition) is 2. The van der Waals surface area contributed by atoms with Gasteiger partial charge in [0.25, 0.3) is 5.91 Å². The van der Waals surface area contributed by atoms with Gasteiger partial charge in [-0.15, -0.1) is 0 Å². The summed E-state index contributed by atoms with van der Waals surface area (Å²) in [5.41, 5.74) is 3.42. The van der Waals surface area contributed by atoms with Gasteiger partial charge in [0.1, 0.15) is 17.6 Å². The predicted molar refractivity (Wildman–Crippen MR) is 138 cm³/mol. The van der Waals surface area contributed by atoms with E-state index in [9.17, 15) is 10.1 Å². The van der Waals surface area contributed by atoms with Crippen molar-refractivity contribution in [2.24, 2.45) is 0 Å². The second kappa shape index (κ2) is 11.5. The normalized spacial score (nSPS) is 13.9. The van der Waals surface area contributed by atoms with Crippen LogP contribution in [0.5, 0.6) is 11.5 Å². The van der Waals surface area contributed by atoms with Crippen molar-refractivity contribution >= 4 is 27.3 Å². The molecule has 1 fully saturated rings. The lowest BCUT2D eigenvalue weighted by molar-refractivity contribution is 0.0927. The van der Waals surface area contributed by atoms with Gasteiger partial charge in [-0.3, -0.25) is 4.79 Å². The first-order chi connectivity index (χ1) is 17.1. The number of nitrogens with zero attached hydrogens (tertiary/aromatic N) is 3. The first-order valence-corrected chi connectivity index (χ1v) is 13.9. The van der Waals surface area contributed by atoms with E-state index < -0.39 is 9.76 Å². The summed E-state index contributed by atoms with van der Waals surface area (Å²) in [6.07, 6.45) is 9.06. The van der Waals surface area contributed by atoms with Crippen LogP contribution in [0.1, 0.15) is 48.0 Å². The monoisotopic (exact) mass is 487 g/mol. The molecule has 3 aromatic rings. The standard InChI is InChI=1S/C26H29N5O3Si/c1-33-24-13-18(25(32)30-21-6-4-3-5-7-21)10-11-22(24)31-26-28-15-20(16-29-26)17-8-9-19(14-27)23(12-17)34-35-2/h8-13,15-16,21H,3-7,35H2,1-2H3,(H,30,32)(H,28,29,31). The van der Waals surface area contributed by atoms with Crippen LogP contribution in [0.15, 0.2) is 48.8 Å². The summed E-state index contributed by atoms with van der Waals surface area (Å²) in [7, 11) is 0.865. The summed E-state index contributed by atoms with van der Waals surface area (Å²) in [6.45, 7) is 2.02. The van der Waals surface area contributed by atoms with Gasteiger partial charge in [0.15, 0.2) is 0 Å². The zero-order valence-corrected chi connectivity index (χ0v) is 21.4. The third-order valence-corrected chi connectivity index (χ3v) is 6.64. The summed E-state index contributed by atoms with van der Waals surface area (Å²) in [4.78, 5) is 21.5. The van der Waals surface area contributed by atoms with Crippen molar-refractivity contribution < 1.29 is 14.0 Å². The lowest BCUT2D eigenvalue weighted by Gasteiger charge is -2.23. The molecule has 4 rings (SSSR count). The molecule has 0 bridgehead atoms. The van der Waals surface area contributed by atoms with E-state index in [1.807, 2.05) is 18.7 Å². The Kier molecular flexibility index (Phi) is 7.95. The Hall–Kier alpha value is -3.90. The third-order valence-electron chi connectivity index (χ3n) is 6.04. The fraction of sp³-hybridized carbons (Fsp3) is 0.308. The van der Waals surface area contributed by atoms with Crippen LogP contribution in [-0.2, 0) is 0 Å². The van der Waals surface area contributed by atoms with Crippen molar-refractivity contribution in [1.29, 1.82) is 5.26 Å². The van der Waals surface area contributed by atoms with Gasteiger partial charge >= 0.3 is 0 Å². The summed E-state index contributed by atoms with van der Waals surface area (Å²) in [6, 6.07) is 13.1. The van der Waals surface area contributed by atoms with E-state index in [1.54, 1.807) is 43.8 Å². The highest BCUT2D eigenvalue weighted by Crippen LogP contribution is 2.30. The first kappa shape index (κ1) is 24.2. The molecular weight excluding hydrogens is 458 g/mol. The first-order valence-electron chi connectivity index (χ1n) is 11.9. The van der Waals surface area contributed by atoms with Gasteiger partial charge < -0.3 is 19.8 Å². The number of carbonyl (C=O) groups excluding carboxylic acids is 1. The topological polar surface area (TPSA) is 109 Å². The average molecular weight is 488 g/mol. The molecule has 1 amide bonds. The minimum atomic E-state index is -0.702. The number of rotatable bonds is 8. The highest BCUT2D eigenvalue weighted by Gasteiger charge is 2.18. The van der Waals surface area contributed by atoms with Gasteiger partial charge in [-0.25, -0.2) is 9.97 Å². The number of carbonyl (C=O) groups is 1. The molecule has 35 heavy (non-hydrogen) atoms. The van der Waals surface area contributed by atoms with E-state index in [0.29, 0.717) is 34.3 Å². The molecule has 2 N–H and O–H groups in total. The van der Waals surface area contributed by atoms with E-state index in [0.717, 1.165) is 36.8 Å². The van der Waals surface area contributed by atoms with Crippen LogP contribution in [-0.4, -0.2) is 38.8 Å². The van der Waals surface area contributed by atoms with Crippen LogP contribution in [0.25, 0.3) is 11.1 Å². The van der Waals surface area contributed by atoms with Crippen molar-refractivity contribution in [3.63, 3.8) is 0 Å². The van der Waals surface area contributed by atoms with Gasteiger partial charge in [0, 0.05) is 29.6 Å². The van der Waals surface area contributed by atoms with Crippen LogP contribution in [0, 0.1) is 11.3 Å².